The maximum Gasteiger partial charge on any atom is 0.222 e. The van der Waals surface area contributed by atoms with E-state index in [2.05, 4.69) is 55.3 Å². The Hall–Kier alpha value is -5.66. The van der Waals surface area contributed by atoms with Crippen LogP contribution in [0.1, 0.15) is 120 Å². The molecule has 0 saturated heterocycles. The lowest BCUT2D eigenvalue weighted by Crippen LogP contribution is -2.27. The predicted octanol–water partition coefficient (Wildman–Crippen LogP) is 9.04. The first-order chi connectivity index (χ1) is 23.8. The van der Waals surface area contributed by atoms with Crippen LogP contribution in [0, 0.1) is 47.5 Å². The molecule has 254 valence electrons. The monoisotopic (exact) mass is 660 g/mol. The van der Waals surface area contributed by atoms with Crippen molar-refractivity contribution in [3.63, 3.8) is 0 Å². The number of aromatic nitrogens is 4. The summed E-state index contributed by atoms with van der Waals surface area (Å²) < 4.78 is 1.25. The van der Waals surface area contributed by atoms with Gasteiger partial charge in [-0.05, 0) is 31.9 Å². The molecule has 0 aliphatic carbocycles. The van der Waals surface area contributed by atoms with Crippen molar-refractivity contribution in [3.8, 4) is 23.9 Å². The Kier molecular flexibility index (Phi) is 15.3. The van der Waals surface area contributed by atoms with E-state index in [9.17, 15) is 20.6 Å². The molecule has 2 aromatic heterocycles. The first-order valence-electron chi connectivity index (χ1n) is 17.0. The van der Waals surface area contributed by atoms with Crippen molar-refractivity contribution in [1.29, 1.82) is 15.8 Å². The summed E-state index contributed by atoms with van der Waals surface area (Å²) in [5, 5.41) is 44.7. The molecule has 1 aromatic carbocycles. The van der Waals surface area contributed by atoms with Gasteiger partial charge in [-0.3, -0.25) is 4.79 Å². The Morgan fingerprint density at radius 1 is 0.918 bits per heavy atom. The zero-order valence-corrected chi connectivity index (χ0v) is 29.0. The predicted molar refractivity (Wildman–Crippen MR) is 188 cm³/mol. The van der Waals surface area contributed by atoms with Gasteiger partial charge < -0.3 is 10.2 Å². The standard InChI is InChI=1S/C36H44N12O/c1-6-8-10-12-14-16-18-47(19-17-15-13-11-9-7-2)33-25-41-34(35(43-33)42-27(4)49)44-45-36-30(24-39)26(3)46-48(36)32-21-29(23-38)28(22-37)20-31(32)40-5/h20-21,25H,6-19H2,1-4H3,(H,42,43,49). The number of hydrogen-bond donors (Lipinski definition) is 1. The molecule has 13 heteroatoms. The summed E-state index contributed by atoms with van der Waals surface area (Å²) in [6.45, 7) is 16.7. The molecular formula is C36H44N12O. The van der Waals surface area contributed by atoms with Gasteiger partial charge >= 0.3 is 0 Å². The first kappa shape index (κ1) is 37.8. The lowest BCUT2D eigenvalue weighted by atomic mass is 10.1. The number of carbonyl (C=O) groups is 1. The molecule has 2 heterocycles. The zero-order valence-electron chi connectivity index (χ0n) is 29.0. The van der Waals surface area contributed by atoms with Gasteiger partial charge in [0.05, 0.1) is 41.3 Å². The maximum absolute atomic E-state index is 12.2. The second-order valence-electron chi connectivity index (χ2n) is 11.8. The van der Waals surface area contributed by atoms with E-state index in [0.29, 0.717) is 11.5 Å². The third-order valence-electron chi connectivity index (χ3n) is 8.01. The van der Waals surface area contributed by atoms with Crippen molar-refractivity contribution in [3.05, 3.63) is 52.1 Å². The van der Waals surface area contributed by atoms with Gasteiger partial charge in [0.25, 0.3) is 0 Å². The molecule has 0 unspecified atom stereocenters. The number of azo groups is 1. The minimum absolute atomic E-state index is 0.00841. The van der Waals surface area contributed by atoms with Crippen molar-refractivity contribution < 1.29 is 4.79 Å². The van der Waals surface area contributed by atoms with Gasteiger partial charge in [-0.15, -0.1) is 10.2 Å². The fraction of sp³-hybridized carbons (Fsp3) is 0.500. The molecule has 13 nitrogen and oxygen atoms in total. The second-order valence-corrected chi connectivity index (χ2v) is 11.8. The number of nitrogens with zero attached hydrogens (tertiary/aromatic N) is 11. The fourth-order valence-corrected chi connectivity index (χ4v) is 5.38. The van der Waals surface area contributed by atoms with E-state index in [1.165, 1.54) is 75.1 Å². The Bertz CT molecular complexity index is 1770. The highest BCUT2D eigenvalue weighted by molar-refractivity contribution is 5.90. The molecule has 0 aliphatic rings. The molecule has 1 amide bonds. The number of rotatable bonds is 19. The van der Waals surface area contributed by atoms with Gasteiger partial charge in [-0.1, -0.05) is 78.1 Å². The van der Waals surface area contributed by atoms with Crippen LogP contribution in [0.5, 0.6) is 0 Å². The Morgan fingerprint density at radius 3 is 2.06 bits per heavy atom. The Balaban J connectivity index is 2.00. The van der Waals surface area contributed by atoms with Crippen LogP contribution >= 0.6 is 0 Å². The third-order valence-corrected chi connectivity index (χ3v) is 8.01. The van der Waals surface area contributed by atoms with E-state index in [1.807, 2.05) is 12.1 Å². The molecule has 49 heavy (non-hydrogen) atoms. The second kappa shape index (κ2) is 19.9. The summed E-state index contributed by atoms with van der Waals surface area (Å²) in [6, 6.07) is 8.62. The minimum Gasteiger partial charge on any atom is -0.355 e. The van der Waals surface area contributed by atoms with Crippen LogP contribution in [0.15, 0.2) is 28.6 Å². The average Bonchev–Trinajstić information content (AvgIpc) is 3.42. The molecule has 0 spiro atoms. The third kappa shape index (κ3) is 10.7. The smallest absolute Gasteiger partial charge is 0.222 e. The van der Waals surface area contributed by atoms with Gasteiger partial charge in [0.2, 0.25) is 17.4 Å². The Morgan fingerprint density at radius 2 is 1.51 bits per heavy atom. The fourth-order valence-electron chi connectivity index (χ4n) is 5.38. The van der Waals surface area contributed by atoms with Crippen molar-refractivity contribution in [2.45, 2.75) is 105 Å². The number of aryl methyl sites for hydroxylation is 1. The maximum atomic E-state index is 12.2. The van der Waals surface area contributed by atoms with Crippen LogP contribution in [-0.2, 0) is 4.79 Å². The van der Waals surface area contributed by atoms with Crippen LogP contribution in [0.2, 0.25) is 0 Å². The number of anilines is 2. The molecule has 3 aromatic rings. The number of carbonyl (C=O) groups excluding carboxylic acids is 1. The molecule has 0 bridgehead atoms. The molecule has 0 saturated carbocycles. The lowest BCUT2D eigenvalue weighted by molar-refractivity contribution is -0.114. The highest BCUT2D eigenvalue weighted by Crippen LogP contribution is 2.34. The summed E-state index contributed by atoms with van der Waals surface area (Å²) >= 11 is 0. The molecule has 1 N–H and O–H groups in total. The molecule has 0 fully saturated rings. The number of nitrogens with one attached hydrogen (secondary N) is 1. The summed E-state index contributed by atoms with van der Waals surface area (Å²) in [7, 11) is 0. The molecule has 0 atom stereocenters. The van der Waals surface area contributed by atoms with Gasteiger partial charge in [0.1, 0.15) is 23.5 Å². The summed E-state index contributed by atoms with van der Waals surface area (Å²) in [4.78, 5) is 27.3. The molecule has 3 rings (SSSR count). The van der Waals surface area contributed by atoms with Crippen molar-refractivity contribution >= 4 is 34.9 Å². The number of benzene rings is 1. The van der Waals surface area contributed by atoms with E-state index >= 15 is 0 Å². The zero-order chi connectivity index (χ0) is 35.6. The molecule has 0 aliphatic heterocycles. The van der Waals surface area contributed by atoms with Crippen molar-refractivity contribution in [2.75, 3.05) is 23.3 Å². The van der Waals surface area contributed by atoms with Crippen LogP contribution in [0.25, 0.3) is 10.5 Å². The van der Waals surface area contributed by atoms with Crippen LogP contribution in [-0.4, -0.2) is 38.7 Å². The lowest BCUT2D eigenvalue weighted by Gasteiger charge is -2.24. The normalized spacial score (nSPS) is 10.7. The number of hydrogen-bond acceptors (Lipinski definition) is 10. The topological polar surface area (TPSA) is 176 Å². The molecular weight excluding hydrogens is 616 g/mol. The van der Waals surface area contributed by atoms with E-state index < -0.39 is 0 Å². The molecule has 0 radical (unpaired) electrons. The van der Waals surface area contributed by atoms with Gasteiger partial charge in [-0.25, -0.2) is 19.5 Å². The number of unbranched alkanes of at least 4 members (excludes halogenated alkanes) is 10. The van der Waals surface area contributed by atoms with Gasteiger partial charge in [0, 0.05) is 20.0 Å². The highest BCUT2D eigenvalue weighted by Gasteiger charge is 2.21. The number of amides is 1. The van der Waals surface area contributed by atoms with Crippen LogP contribution in [0.3, 0.4) is 0 Å². The van der Waals surface area contributed by atoms with E-state index in [-0.39, 0.29) is 51.4 Å². The van der Waals surface area contributed by atoms with Crippen molar-refractivity contribution in [1.82, 2.24) is 19.7 Å². The van der Waals surface area contributed by atoms with E-state index in [1.54, 1.807) is 13.1 Å². The Labute approximate surface area is 289 Å². The summed E-state index contributed by atoms with van der Waals surface area (Å²) in [6.07, 6.45) is 15.7. The van der Waals surface area contributed by atoms with Crippen molar-refractivity contribution in [2.24, 2.45) is 10.2 Å². The highest BCUT2D eigenvalue weighted by atomic mass is 16.1. The SMILES string of the molecule is [C-]#[N+]c1cc(C#N)c(C#N)cc1-n1nc(C)c(C#N)c1N=Nc1ncc(N(CCCCCCCC)CCCCCCCC)nc1NC(C)=O. The number of nitriles is 3. The van der Waals surface area contributed by atoms with E-state index in [4.69, 9.17) is 11.6 Å². The van der Waals surface area contributed by atoms with Crippen LogP contribution < -0.4 is 10.2 Å². The summed E-state index contributed by atoms with van der Waals surface area (Å²) in [5.74, 6) is 0.411. The van der Waals surface area contributed by atoms with Crippen LogP contribution in [0.4, 0.5) is 29.0 Å². The first-order valence-corrected chi connectivity index (χ1v) is 17.0. The van der Waals surface area contributed by atoms with E-state index in [0.717, 1.165) is 38.8 Å². The quantitative estimate of drug-likeness (QED) is 0.0752. The largest absolute Gasteiger partial charge is 0.355 e. The van der Waals surface area contributed by atoms with Gasteiger partial charge in [0.15, 0.2) is 11.6 Å². The average molecular weight is 661 g/mol. The summed E-state index contributed by atoms with van der Waals surface area (Å²) in [5.41, 5.74) is 0.698. The van der Waals surface area contributed by atoms with Gasteiger partial charge in [-0.2, -0.15) is 20.9 Å². The minimum atomic E-state index is -0.358.